The molecule has 0 aromatic carbocycles. The highest BCUT2D eigenvalue weighted by molar-refractivity contribution is 5.69. The van der Waals surface area contributed by atoms with Crippen molar-refractivity contribution in [3.05, 3.63) is 27.7 Å². The molecule has 0 bridgehead atoms. The number of aliphatic hydroxyl groups is 1. The molecule has 1 aromatic rings. The average Bonchev–Trinajstić information content (AvgIpc) is 2.41. The first-order chi connectivity index (χ1) is 9.90. The second-order valence-corrected chi connectivity index (χ2v) is 5.02. The van der Waals surface area contributed by atoms with E-state index in [1.54, 1.807) is 11.6 Å². The van der Waals surface area contributed by atoms with E-state index >= 15 is 0 Å². The summed E-state index contributed by atoms with van der Waals surface area (Å²) in [6.07, 6.45) is 1.74. The molecule has 0 unspecified atom stereocenters. The van der Waals surface area contributed by atoms with Crippen molar-refractivity contribution in [2.45, 2.75) is 39.5 Å². The topological polar surface area (TPSA) is 103 Å². The first-order valence-corrected chi connectivity index (χ1v) is 6.86. The molecule has 21 heavy (non-hydrogen) atoms. The van der Waals surface area contributed by atoms with Gasteiger partial charge in [-0.2, -0.15) is 0 Å². The van der Waals surface area contributed by atoms with Crippen molar-refractivity contribution in [1.82, 2.24) is 9.47 Å². The number of hydrogen-bond donors (Lipinski definition) is 3. The maximum absolute atomic E-state index is 11.7. The third-order valence-corrected chi connectivity index (χ3v) is 3.20. The van der Waals surface area contributed by atoms with Crippen LogP contribution in [0.3, 0.4) is 0 Å². The van der Waals surface area contributed by atoms with Gasteiger partial charge < -0.3 is 19.9 Å². The van der Waals surface area contributed by atoms with Crippen LogP contribution in [0.2, 0.25) is 0 Å². The lowest BCUT2D eigenvalue weighted by Gasteiger charge is -2.22. The molecule has 0 aliphatic heterocycles. The number of aliphatic hydroxyl groups excluding tert-OH is 1. The third-order valence-electron chi connectivity index (χ3n) is 3.20. The number of aromatic hydroxyl groups is 1. The van der Waals surface area contributed by atoms with Crippen LogP contribution in [0.4, 0.5) is 0 Å². The lowest BCUT2D eigenvalue weighted by Crippen LogP contribution is -2.29. The molecule has 0 saturated carbocycles. The Morgan fingerprint density at radius 3 is 2.62 bits per heavy atom. The molecule has 0 aliphatic carbocycles. The summed E-state index contributed by atoms with van der Waals surface area (Å²) in [6, 6.07) is 1.21. The zero-order valence-corrected chi connectivity index (χ0v) is 12.4. The first kappa shape index (κ1) is 17.2. The molecular formula is C14H22N2O5. The van der Waals surface area contributed by atoms with Gasteiger partial charge in [0.05, 0.1) is 18.8 Å². The van der Waals surface area contributed by atoms with Gasteiger partial charge in [-0.05, 0) is 13.5 Å². The molecule has 1 aromatic heterocycles. The number of pyridine rings is 1. The quantitative estimate of drug-likeness (QED) is 0.640. The number of hydrogen-bond acceptors (Lipinski definition) is 5. The smallest absolute Gasteiger partial charge is 0.317 e. The van der Waals surface area contributed by atoms with Gasteiger partial charge in [0.2, 0.25) is 5.43 Å². The molecule has 1 heterocycles. The van der Waals surface area contributed by atoms with Crippen LogP contribution in [0, 0.1) is 0 Å². The normalized spacial score (nSPS) is 11.0. The van der Waals surface area contributed by atoms with E-state index in [9.17, 15) is 19.8 Å². The lowest BCUT2D eigenvalue weighted by atomic mass is 10.2. The number of unbranched alkanes of at least 4 members (excludes halogenated alkanes) is 1. The van der Waals surface area contributed by atoms with Crippen LogP contribution < -0.4 is 5.43 Å². The van der Waals surface area contributed by atoms with Crippen molar-refractivity contribution in [3.8, 4) is 5.75 Å². The zero-order chi connectivity index (χ0) is 16.0. The Labute approximate surface area is 123 Å². The molecule has 7 heteroatoms. The van der Waals surface area contributed by atoms with Crippen molar-refractivity contribution in [1.29, 1.82) is 0 Å². The van der Waals surface area contributed by atoms with Crippen molar-refractivity contribution in [3.63, 3.8) is 0 Å². The number of carboxylic acid groups (broad SMARTS) is 1. The van der Waals surface area contributed by atoms with Gasteiger partial charge in [0.1, 0.15) is 0 Å². The number of likely N-dealkylation sites (N-methyl/N-ethyl adjacent to an activating group) is 1. The number of carboxylic acids is 1. The second kappa shape index (κ2) is 7.80. The van der Waals surface area contributed by atoms with Gasteiger partial charge >= 0.3 is 5.97 Å². The van der Waals surface area contributed by atoms with Crippen LogP contribution in [-0.4, -0.2) is 44.3 Å². The fraction of sp³-hybridized carbons (Fsp3) is 0.571. The van der Waals surface area contributed by atoms with E-state index < -0.39 is 11.4 Å². The summed E-state index contributed by atoms with van der Waals surface area (Å²) in [7, 11) is 1.59. The van der Waals surface area contributed by atoms with Crippen LogP contribution in [0.15, 0.2) is 10.9 Å². The predicted octanol–water partition coefficient (Wildman–Crippen LogP) is 0.363. The van der Waals surface area contributed by atoms with E-state index in [0.717, 1.165) is 12.8 Å². The van der Waals surface area contributed by atoms with Crippen LogP contribution in [0.25, 0.3) is 0 Å². The van der Waals surface area contributed by atoms with Crippen LogP contribution >= 0.6 is 0 Å². The predicted molar refractivity (Wildman–Crippen MR) is 77.2 cm³/mol. The Kier molecular flexibility index (Phi) is 6.39. The minimum Gasteiger partial charge on any atom is -0.503 e. The van der Waals surface area contributed by atoms with Crippen LogP contribution in [0.1, 0.15) is 31.2 Å². The maximum atomic E-state index is 11.7. The lowest BCUT2D eigenvalue weighted by molar-refractivity contribution is -0.138. The van der Waals surface area contributed by atoms with Gasteiger partial charge in [0.15, 0.2) is 5.75 Å². The molecular weight excluding hydrogens is 276 g/mol. The highest BCUT2D eigenvalue weighted by Gasteiger charge is 2.17. The molecule has 118 valence electrons. The summed E-state index contributed by atoms with van der Waals surface area (Å²) in [5.41, 5.74) is 0.194. The molecule has 0 aliphatic rings. The van der Waals surface area contributed by atoms with Gasteiger partial charge in [-0.25, -0.2) is 0 Å². The number of nitrogens with zero attached hydrogens (tertiary/aromatic N) is 2. The minimum atomic E-state index is -0.988. The van der Waals surface area contributed by atoms with Gasteiger partial charge in [-0.3, -0.25) is 14.5 Å². The maximum Gasteiger partial charge on any atom is 0.317 e. The largest absolute Gasteiger partial charge is 0.503 e. The second-order valence-electron chi connectivity index (χ2n) is 5.02. The molecule has 7 nitrogen and oxygen atoms in total. The molecule has 0 radical (unpaired) electrons. The number of rotatable bonds is 8. The Morgan fingerprint density at radius 1 is 1.43 bits per heavy atom. The van der Waals surface area contributed by atoms with Gasteiger partial charge in [0.25, 0.3) is 0 Å². The summed E-state index contributed by atoms with van der Waals surface area (Å²) in [4.78, 5) is 23.9. The third kappa shape index (κ3) is 4.57. The number of aromatic nitrogens is 1. The Morgan fingerprint density at radius 2 is 2.10 bits per heavy atom. The summed E-state index contributed by atoms with van der Waals surface area (Å²) >= 11 is 0. The van der Waals surface area contributed by atoms with Crippen LogP contribution in [-0.2, 0) is 24.5 Å². The fourth-order valence-electron chi connectivity index (χ4n) is 2.17. The molecule has 1 rings (SSSR count). The van der Waals surface area contributed by atoms with Crippen molar-refractivity contribution >= 4 is 5.97 Å². The molecule has 0 amide bonds. The summed E-state index contributed by atoms with van der Waals surface area (Å²) in [6.45, 7) is 2.16. The monoisotopic (exact) mass is 298 g/mol. The summed E-state index contributed by atoms with van der Waals surface area (Å²) < 4.78 is 1.69. The Bertz CT molecular complexity index is 553. The average molecular weight is 298 g/mol. The highest BCUT2D eigenvalue weighted by Crippen LogP contribution is 2.18. The van der Waals surface area contributed by atoms with Crippen LogP contribution in [0.5, 0.6) is 5.75 Å². The summed E-state index contributed by atoms with van der Waals surface area (Å²) in [5, 5.41) is 28.2. The number of carbonyl (C=O) groups is 1. The van der Waals surface area contributed by atoms with E-state index in [4.69, 9.17) is 5.11 Å². The summed E-state index contributed by atoms with van der Waals surface area (Å²) in [5.74, 6) is -1.38. The van der Waals surface area contributed by atoms with Gasteiger partial charge in [0, 0.05) is 24.8 Å². The standard InChI is InChI=1S/C14H22N2O5/c1-3-4-5-16-10(9-17)6-12(18)14(21)11(16)7-15(2)8-13(19)20/h6,17,21H,3-5,7-9H2,1-2H3,(H,19,20). The minimum absolute atomic E-state index is 0.116. The highest BCUT2D eigenvalue weighted by atomic mass is 16.4. The van der Waals surface area contributed by atoms with Crippen molar-refractivity contribution in [2.75, 3.05) is 13.6 Å². The molecule has 0 atom stereocenters. The molecule has 3 N–H and O–H groups in total. The van der Waals surface area contributed by atoms with Crippen molar-refractivity contribution in [2.24, 2.45) is 0 Å². The first-order valence-electron chi connectivity index (χ1n) is 6.86. The van der Waals surface area contributed by atoms with Crippen molar-refractivity contribution < 1.29 is 20.1 Å². The van der Waals surface area contributed by atoms with E-state index in [2.05, 4.69) is 0 Å². The number of aliphatic carboxylic acids is 1. The van der Waals surface area contributed by atoms with Gasteiger partial charge in [-0.15, -0.1) is 0 Å². The van der Waals surface area contributed by atoms with E-state index in [1.165, 1.54) is 11.0 Å². The van der Waals surface area contributed by atoms with E-state index in [0.29, 0.717) is 17.9 Å². The van der Waals surface area contributed by atoms with E-state index in [-0.39, 0.29) is 25.4 Å². The van der Waals surface area contributed by atoms with Gasteiger partial charge in [-0.1, -0.05) is 13.3 Å². The molecule has 0 saturated heterocycles. The molecule has 0 spiro atoms. The SMILES string of the molecule is CCCCn1c(CO)cc(=O)c(O)c1CN(C)CC(=O)O. The Hall–Kier alpha value is -1.86. The van der Waals surface area contributed by atoms with E-state index in [1.807, 2.05) is 6.92 Å². The molecule has 0 fully saturated rings. The Balaban J connectivity index is 3.21. The fourth-order valence-corrected chi connectivity index (χ4v) is 2.17. The zero-order valence-electron chi connectivity index (χ0n) is 12.4.